The number of hydrogen-bond acceptors (Lipinski definition) is 5. The van der Waals surface area contributed by atoms with Crippen LogP contribution in [-0.2, 0) is 9.53 Å². The molecule has 166 valence electrons. The lowest BCUT2D eigenvalue weighted by Gasteiger charge is -2.21. The average Bonchev–Trinajstić information content (AvgIpc) is 3.23. The smallest absolute Gasteiger partial charge is 0.253 e. The van der Waals surface area contributed by atoms with Gasteiger partial charge in [0.05, 0.1) is 26.7 Å². The lowest BCUT2D eigenvalue weighted by molar-refractivity contribution is -0.125. The van der Waals surface area contributed by atoms with Crippen molar-refractivity contribution in [2.45, 2.75) is 5.92 Å². The second kappa shape index (κ2) is 10.5. The number of methoxy groups -OCH3 is 3. The number of ether oxygens (including phenoxy) is 3. The molecule has 1 N–H and O–H groups in total. The van der Waals surface area contributed by atoms with E-state index in [4.69, 9.17) is 25.8 Å². The predicted octanol–water partition coefficient (Wildman–Crippen LogP) is 2.98. The Morgan fingerprint density at radius 2 is 1.87 bits per heavy atom. The maximum atomic E-state index is 13.1. The SMILES string of the molecule is COCCNC(=O)[C@H]1CN(C(=O)c2cccc(Cl)c2)C[C@@H]1c1cccc(OC)c1OC. The lowest BCUT2D eigenvalue weighted by atomic mass is 9.87. The Morgan fingerprint density at radius 1 is 1.10 bits per heavy atom. The van der Waals surface area contributed by atoms with E-state index in [0.29, 0.717) is 41.8 Å². The van der Waals surface area contributed by atoms with Crippen LogP contribution in [0.5, 0.6) is 11.5 Å². The third-order valence-electron chi connectivity index (χ3n) is 5.45. The minimum Gasteiger partial charge on any atom is -0.493 e. The monoisotopic (exact) mass is 446 g/mol. The number of amides is 2. The minimum atomic E-state index is -0.444. The second-order valence-electron chi connectivity index (χ2n) is 7.30. The van der Waals surface area contributed by atoms with Gasteiger partial charge in [-0.15, -0.1) is 0 Å². The van der Waals surface area contributed by atoms with E-state index in [1.165, 1.54) is 0 Å². The summed E-state index contributed by atoms with van der Waals surface area (Å²) in [6.07, 6.45) is 0. The molecule has 8 heteroatoms. The molecule has 2 aromatic carbocycles. The van der Waals surface area contributed by atoms with E-state index in [2.05, 4.69) is 5.32 Å². The van der Waals surface area contributed by atoms with Gasteiger partial charge in [0.2, 0.25) is 5.91 Å². The zero-order valence-electron chi connectivity index (χ0n) is 17.9. The number of para-hydroxylation sites is 1. The molecule has 0 unspecified atom stereocenters. The standard InChI is InChI=1S/C23H27ClN2O5/c1-29-11-10-25-22(27)19-14-26(23(28)15-6-4-7-16(24)12-15)13-18(19)17-8-5-9-20(30-2)21(17)31-3/h4-9,12,18-19H,10-11,13-14H2,1-3H3,(H,25,27)/t18-,19+/m1/s1. The Hall–Kier alpha value is -2.77. The van der Waals surface area contributed by atoms with Gasteiger partial charge in [0, 0.05) is 48.8 Å². The van der Waals surface area contributed by atoms with Gasteiger partial charge in [0.15, 0.2) is 11.5 Å². The molecule has 31 heavy (non-hydrogen) atoms. The van der Waals surface area contributed by atoms with Crippen LogP contribution in [-0.4, -0.2) is 64.3 Å². The van der Waals surface area contributed by atoms with Crippen LogP contribution < -0.4 is 14.8 Å². The first kappa shape index (κ1) is 22.9. The molecule has 0 aromatic heterocycles. The predicted molar refractivity (Wildman–Crippen MR) is 118 cm³/mol. The quantitative estimate of drug-likeness (QED) is 0.631. The molecule has 2 aromatic rings. The van der Waals surface area contributed by atoms with E-state index in [0.717, 1.165) is 5.56 Å². The summed E-state index contributed by atoms with van der Waals surface area (Å²) in [4.78, 5) is 27.9. The van der Waals surface area contributed by atoms with E-state index >= 15 is 0 Å². The first-order chi connectivity index (χ1) is 15.0. The van der Waals surface area contributed by atoms with Gasteiger partial charge < -0.3 is 24.4 Å². The molecule has 1 aliphatic heterocycles. The molecule has 1 heterocycles. The van der Waals surface area contributed by atoms with Gasteiger partial charge in [-0.2, -0.15) is 0 Å². The van der Waals surface area contributed by atoms with Gasteiger partial charge in [-0.1, -0.05) is 29.8 Å². The molecular weight excluding hydrogens is 420 g/mol. The number of carbonyl (C=O) groups is 2. The molecule has 0 saturated carbocycles. The number of nitrogens with zero attached hydrogens (tertiary/aromatic N) is 1. The number of likely N-dealkylation sites (tertiary alicyclic amines) is 1. The number of hydrogen-bond donors (Lipinski definition) is 1. The molecule has 1 aliphatic rings. The molecule has 3 rings (SSSR count). The highest BCUT2D eigenvalue weighted by atomic mass is 35.5. The van der Waals surface area contributed by atoms with Crippen LogP contribution in [0.3, 0.4) is 0 Å². The maximum absolute atomic E-state index is 13.1. The van der Waals surface area contributed by atoms with Crippen LogP contribution in [0.15, 0.2) is 42.5 Å². The van der Waals surface area contributed by atoms with Crippen molar-refractivity contribution in [3.8, 4) is 11.5 Å². The summed E-state index contributed by atoms with van der Waals surface area (Å²) >= 11 is 6.07. The van der Waals surface area contributed by atoms with Crippen LogP contribution in [0.2, 0.25) is 5.02 Å². The van der Waals surface area contributed by atoms with Crippen molar-refractivity contribution < 1.29 is 23.8 Å². The van der Waals surface area contributed by atoms with E-state index in [1.54, 1.807) is 56.6 Å². The molecule has 7 nitrogen and oxygen atoms in total. The van der Waals surface area contributed by atoms with Crippen LogP contribution >= 0.6 is 11.6 Å². The van der Waals surface area contributed by atoms with Gasteiger partial charge in [-0.05, 0) is 24.3 Å². The molecule has 1 fully saturated rings. The van der Waals surface area contributed by atoms with Crippen LogP contribution in [0.4, 0.5) is 0 Å². The summed E-state index contributed by atoms with van der Waals surface area (Å²) in [5, 5.41) is 3.40. The topological polar surface area (TPSA) is 77.1 Å². The number of benzene rings is 2. The largest absolute Gasteiger partial charge is 0.493 e. The number of rotatable bonds is 8. The highest BCUT2D eigenvalue weighted by molar-refractivity contribution is 6.30. The van der Waals surface area contributed by atoms with E-state index in [-0.39, 0.29) is 24.3 Å². The van der Waals surface area contributed by atoms with Gasteiger partial charge in [-0.3, -0.25) is 9.59 Å². The highest BCUT2D eigenvalue weighted by Crippen LogP contribution is 2.42. The summed E-state index contributed by atoms with van der Waals surface area (Å²) in [6, 6.07) is 12.4. The van der Waals surface area contributed by atoms with Crippen molar-refractivity contribution in [1.29, 1.82) is 0 Å². The Kier molecular flexibility index (Phi) is 7.76. The van der Waals surface area contributed by atoms with Gasteiger partial charge in [0.1, 0.15) is 0 Å². The van der Waals surface area contributed by atoms with E-state index < -0.39 is 5.92 Å². The van der Waals surface area contributed by atoms with Gasteiger partial charge in [0.25, 0.3) is 5.91 Å². The Balaban J connectivity index is 1.93. The normalized spacial score (nSPS) is 18.0. The molecular formula is C23H27ClN2O5. The number of halogens is 1. The first-order valence-electron chi connectivity index (χ1n) is 10.0. The molecule has 0 spiro atoms. The highest BCUT2D eigenvalue weighted by Gasteiger charge is 2.42. The Bertz CT molecular complexity index is 936. The molecule has 0 radical (unpaired) electrons. The molecule has 0 aliphatic carbocycles. The Labute approximate surface area is 187 Å². The summed E-state index contributed by atoms with van der Waals surface area (Å²) in [5.74, 6) is 0.159. The second-order valence-corrected chi connectivity index (χ2v) is 7.74. The van der Waals surface area contributed by atoms with Crippen molar-refractivity contribution in [3.05, 3.63) is 58.6 Å². The summed E-state index contributed by atoms with van der Waals surface area (Å²) in [6.45, 7) is 1.47. The van der Waals surface area contributed by atoms with Crippen LogP contribution in [0, 0.1) is 5.92 Å². The molecule has 1 saturated heterocycles. The van der Waals surface area contributed by atoms with E-state index in [1.807, 2.05) is 12.1 Å². The van der Waals surface area contributed by atoms with Crippen molar-refractivity contribution in [3.63, 3.8) is 0 Å². The summed E-state index contributed by atoms with van der Waals surface area (Å²) in [7, 11) is 4.72. The zero-order valence-corrected chi connectivity index (χ0v) is 18.6. The van der Waals surface area contributed by atoms with Crippen LogP contribution in [0.1, 0.15) is 21.8 Å². The van der Waals surface area contributed by atoms with Crippen molar-refractivity contribution >= 4 is 23.4 Å². The molecule has 0 bridgehead atoms. The van der Waals surface area contributed by atoms with Crippen molar-refractivity contribution in [2.75, 3.05) is 47.6 Å². The third-order valence-corrected chi connectivity index (χ3v) is 5.69. The number of nitrogens with one attached hydrogen (secondary N) is 1. The fourth-order valence-corrected chi connectivity index (χ4v) is 4.16. The van der Waals surface area contributed by atoms with Gasteiger partial charge >= 0.3 is 0 Å². The van der Waals surface area contributed by atoms with Gasteiger partial charge in [-0.25, -0.2) is 0 Å². The maximum Gasteiger partial charge on any atom is 0.253 e. The number of carbonyl (C=O) groups excluding carboxylic acids is 2. The Morgan fingerprint density at radius 3 is 2.55 bits per heavy atom. The molecule has 2 atom stereocenters. The first-order valence-corrected chi connectivity index (χ1v) is 10.4. The third kappa shape index (κ3) is 5.11. The summed E-state index contributed by atoms with van der Waals surface area (Å²) < 4.78 is 16.1. The fourth-order valence-electron chi connectivity index (χ4n) is 3.97. The molecule has 2 amide bonds. The van der Waals surface area contributed by atoms with Crippen molar-refractivity contribution in [1.82, 2.24) is 10.2 Å². The minimum absolute atomic E-state index is 0.131. The fraction of sp³-hybridized carbons (Fsp3) is 0.391. The van der Waals surface area contributed by atoms with Crippen molar-refractivity contribution in [2.24, 2.45) is 5.92 Å². The van der Waals surface area contributed by atoms with E-state index in [9.17, 15) is 9.59 Å². The average molecular weight is 447 g/mol. The zero-order chi connectivity index (χ0) is 22.4. The summed E-state index contributed by atoms with van der Waals surface area (Å²) in [5.41, 5.74) is 1.32. The lowest BCUT2D eigenvalue weighted by Crippen LogP contribution is -2.37. The van der Waals surface area contributed by atoms with Crippen LogP contribution in [0.25, 0.3) is 0 Å².